The molecule has 0 spiro atoms. The summed E-state index contributed by atoms with van der Waals surface area (Å²) in [6, 6.07) is 1.47. The van der Waals surface area contributed by atoms with E-state index in [0.717, 1.165) is 23.9 Å². The lowest BCUT2D eigenvalue weighted by molar-refractivity contribution is 0.109. The molecular formula is C17H34N2S. The maximum atomic E-state index is 3.95. The van der Waals surface area contributed by atoms with Crippen LogP contribution in [0.1, 0.15) is 52.4 Å². The summed E-state index contributed by atoms with van der Waals surface area (Å²) in [6.07, 6.45) is 8.46. The van der Waals surface area contributed by atoms with Gasteiger partial charge in [-0.15, -0.1) is 0 Å². The van der Waals surface area contributed by atoms with E-state index in [9.17, 15) is 0 Å². The Morgan fingerprint density at radius 1 is 1.25 bits per heavy atom. The lowest BCUT2D eigenvalue weighted by Gasteiger charge is -2.45. The van der Waals surface area contributed by atoms with Gasteiger partial charge in [0, 0.05) is 30.1 Å². The Kier molecular flexibility index (Phi) is 7.20. The molecule has 0 bridgehead atoms. The zero-order valence-electron chi connectivity index (χ0n) is 13.7. The molecule has 0 radical (unpaired) electrons. The Morgan fingerprint density at radius 2 is 2.05 bits per heavy atom. The van der Waals surface area contributed by atoms with Crippen LogP contribution < -0.4 is 5.32 Å². The number of likely N-dealkylation sites (N-methyl/N-ethyl adjacent to an activating group) is 1. The molecule has 1 aliphatic heterocycles. The molecular weight excluding hydrogens is 264 g/mol. The van der Waals surface area contributed by atoms with E-state index < -0.39 is 0 Å². The number of rotatable bonds is 6. The highest BCUT2D eigenvalue weighted by Gasteiger charge is 2.37. The van der Waals surface area contributed by atoms with Gasteiger partial charge in [-0.3, -0.25) is 0 Å². The van der Waals surface area contributed by atoms with E-state index in [1.54, 1.807) is 0 Å². The van der Waals surface area contributed by atoms with E-state index in [-0.39, 0.29) is 0 Å². The molecule has 4 atom stereocenters. The Balaban J connectivity index is 2.07. The van der Waals surface area contributed by atoms with E-state index in [2.05, 4.69) is 42.9 Å². The van der Waals surface area contributed by atoms with Crippen molar-refractivity contribution in [2.75, 3.05) is 31.6 Å². The average molecular weight is 299 g/mol. The fraction of sp³-hybridized carbons (Fsp3) is 1.00. The summed E-state index contributed by atoms with van der Waals surface area (Å²) in [5.74, 6) is 4.50. The molecule has 0 amide bonds. The van der Waals surface area contributed by atoms with Crippen molar-refractivity contribution < 1.29 is 0 Å². The predicted molar refractivity (Wildman–Crippen MR) is 91.6 cm³/mol. The molecule has 2 fully saturated rings. The normalized spacial score (nSPS) is 34.0. The summed E-state index contributed by atoms with van der Waals surface area (Å²) in [7, 11) is 2.34. The molecule has 118 valence electrons. The number of nitrogens with zero attached hydrogens (tertiary/aromatic N) is 1. The lowest BCUT2D eigenvalue weighted by Crippen LogP contribution is -2.57. The third-order valence-corrected chi connectivity index (χ3v) is 6.49. The Hall–Kier alpha value is 0.270. The van der Waals surface area contributed by atoms with Crippen LogP contribution in [0.5, 0.6) is 0 Å². The van der Waals surface area contributed by atoms with Gasteiger partial charge in [0.1, 0.15) is 0 Å². The second kappa shape index (κ2) is 8.65. The van der Waals surface area contributed by atoms with E-state index in [0.29, 0.717) is 0 Å². The highest BCUT2D eigenvalue weighted by molar-refractivity contribution is 7.99. The minimum atomic E-state index is 0.720. The quantitative estimate of drug-likeness (QED) is 0.806. The van der Waals surface area contributed by atoms with Crippen LogP contribution in [-0.2, 0) is 0 Å². The van der Waals surface area contributed by atoms with Gasteiger partial charge in [0.2, 0.25) is 0 Å². The molecule has 0 aromatic heterocycles. The van der Waals surface area contributed by atoms with Crippen molar-refractivity contribution in [1.82, 2.24) is 10.2 Å². The summed E-state index contributed by atoms with van der Waals surface area (Å²) in [4.78, 5) is 2.63. The van der Waals surface area contributed by atoms with Gasteiger partial charge in [0.15, 0.2) is 0 Å². The molecule has 1 heterocycles. The average Bonchev–Trinajstić information content (AvgIpc) is 2.49. The van der Waals surface area contributed by atoms with E-state index >= 15 is 0 Å². The zero-order valence-corrected chi connectivity index (χ0v) is 14.6. The zero-order chi connectivity index (χ0) is 14.4. The summed E-state index contributed by atoms with van der Waals surface area (Å²) in [5.41, 5.74) is 0. The third kappa shape index (κ3) is 4.14. The third-order valence-electron chi connectivity index (χ3n) is 5.44. The van der Waals surface area contributed by atoms with Crippen molar-refractivity contribution in [2.24, 2.45) is 11.8 Å². The van der Waals surface area contributed by atoms with Gasteiger partial charge in [0.25, 0.3) is 0 Å². The summed E-state index contributed by atoms with van der Waals surface area (Å²) >= 11 is 2.16. The maximum Gasteiger partial charge on any atom is 0.0339 e. The van der Waals surface area contributed by atoms with Crippen molar-refractivity contribution in [3.05, 3.63) is 0 Å². The lowest BCUT2D eigenvalue weighted by atomic mass is 9.72. The van der Waals surface area contributed by atoms with Crippen LogP contribution in [0.3, 0.4) is 0 Å². The van der Waals surface area contributed by atoms with E-state index in [1.165, 1.54) is 63.1 Å². The minimum Gasteiger partial charge on any atom is -0.312 e. The second-order valence-corrected chi connectivity index (χ2v) is 7.87. The first-order valence-electron chi connectivity index (χ1n) is 8.79. The minimum absolute atomic E-state index is 0.720. The Labute approximate surface area is 130 Å². The van der Waals surface area contributed by atoms with E-state index in [1.807, 2.05) is 0 Å². The highest BCUT2D eigenvalue weighted by Crippen LogP contribution is 2.37. The molecule has 0 aromatic rings. The first-order valence-corrected chi connectivity index (χ1v) is 9.94. The standard InChI is InChI=1S/C17H34N2S/c1-4-10-18-17(16-13-20-12-11-19(16)3)15-9-7-6-8-14(15)5-2/h14-18H,4-13H2,1-3H3. The number of hydrogen-bond donors (Lipinski definition) is 1. The van der Waals surface area contributed by atoms with Crippen LogP contribution in [0.2, 0.25) is 0 Å². The van der Waals surface area contributed by atoms with Crippen molar-refractivity contribution in [3.8, 4) is 0 Å². The summed E-state index contributed by atoms with van der Waals surface area (Å²) in [5, 5.41) is 3.95. The molecule has 1 N–H and O–H groups in total. The molecule has 2 rings (SSSR count). The monoisotopic (exact) mass is 298 g/mol. The summed E-state index contributed by atoms with van der Waals surface area (Å²) < 4.78 is 0. The molecule has 1 saturated heterocycles. The fourth-order valence-corrected chi connectivity index (χ4v) is 5.47. The second-order valence-electron chi connectivity index (χ2n) is 6.72. The molecule has 1 aliphatic carbocycles. The van der Waals surface area contributed by atoms with Crippen LogP contribution in [0.25, 0.3) is 0 Å². The first-order chi connectivity index (χ1) is 9.77. The van der Waals surface area contributed by atoms with Crippen molar-refractivity contribution in [1.29, 1.82) is 0 Å². The smallest absolute Gasteiger partial charge is 0.0339 e. The van der Waals surface area contributed by atoms with Crippen LogP contribution in [-0.4, -0.2) is 48.6 Å². The van der Waals surface area contributed by atoms with Gasteiger partial charge in [-0.2, -0.15) is 11.8 Å². The predicted octanol–water partition coefficient (Wildman–Crippen LogP) is 3.62. The van der Waals surface area contributed by atoms with Gasteiger partial charge in [-0.25, -0.2) is 0 Å². The number of nitrogens with one attached hydrogen (secondary N) is 1. The van der Waals surface area contributed by atoms with Gasteiger partial charge < -0.3 is 10.2 Å². The van der Waals surface area contributed by atoms with Gasteiger partial charge in [0.05, 0.1) is 0 Å². The molecule has 2 aliphatic rings. The SMILES string of the molecule is CCCNC(C1CCCCC1CC)C1CSCCN1C. The van der Waals surface area contributed by atoms with Crippen molar-refractivity contribution in [3.63, 3.8) is 0 Å². The Bertz CT molecular complexity index is 272. The topological polar surface area (TPSA) is 15.3 Å². The van der Waals surface area contributed by atoms with Gasteiger partial charge >= 0.3 is 0 Å². The van der Waals surface area contributed by atoms with Crippen molar-refractivity contribution in [2.45, 2.75) is 64.5 Å². The number of thioether (sulfide) groups is 1. The largest absolute Gasteiger partial charge is 0.312 e. The maximum absolute atomic E-state index is 3.95. The molecule has 20 heavy (non-hydrogen) atoms. The highest BCUT2D eigenvalue weighted by atomic mass is 32.2. The van der Waals surface area contributed by atoms with Crippen LogP contribution in [0, 0.1) is 11.8 Å². The van der Waals surface area contributed by atoms with E-state index in [4.69, 9.17) is 0 Å². The fourth-order valence-electron chi connectivity index (χ4n) is 4.18. The number of hydrogen-bond acceptors (Lipinski definition) is 3. The first kappa shape index (κ1) is 16.6. The summed E-state index contributed by atoms with van der Waals surface area (Å²) in [6.45, 7) is 7.15. The van der Waals surface area contributed by atoms with Crippen molar-refractivity contribution >= 4 is 11.8 Å². The van der Waals surface area contributed by atoms with Crippen LogP contribution >= 0.6 is 11.8 Å². The Morgan fingerprint density at radius 3 is 2.75 bits per heavy atom. The van der Waals surface area contributed by atoms with Gasteiger partial charge in [-0.05, 0) is 38.3 Å². The van der Waals surface area contributed by atoms with Crippen LogP contribution in [0.4, 0.5) is 0 Å². The molecule has 2 nitrogen and oxygen atoms in total. The van der Waals surface area contributed by atoms with Crippen LogP contribution in [0.15, 0.2) is 0 Å². The molecule has 1 saturated carbocycles. The van der Waals surface area contributed by atoms with Gasteiger partial charge in [-0.1, -0.05) is 39.5 Å². The molecule has 0 aromatic carbocycles. The molecule has 4 unspecified atom stereocenters. The molecule has 3 heteroatoms.